The van der Waals surface area contributed by atoms with E-state index in [0.29, 0.717) is 11.5 Å². The van der Waals surface area contributed by atoms with Crippen molar-refractivity contribution in [2.24, 2.45) is 0 Å². The molecule has 63 heavy (non-hydrogen) atoms. The fraction of sp³-hybridized carbons (Fsp3) is 0.477. The zero-order valence-electron chi connectivity index (χ0n) is 35.3. The standard InChI is InChI=1S/C44H50O19/c1-43(52-5)44(2,53-6)63-34-31(62-43)23-55-42(36(34)61-40-32(46)28(45)21-29(57-40)39(49)51-4)58-30-22-54-41(56-27-19-17-26(50-3)18-20-27)35(60-38(48)25-15-11-8-12-16-25)33(30)59-37(47)24-13-9-7-10-14-24/h7-21,28,30-36,40-42,45-46H,22-23H2,1-6H3/t28-,30+,31+,32+,33-,34-,35+,36+,40+,41-,42-,43-,44-/m0/s1. The highest BCUT2D eigenvalue weighted by Crippen LogP contribution is 2.44. The topological polar surface area (TPSA) is 221 Å². The Balaban J connectivity index is 1.26. The van der Waals surface area contributed by atoms with Gasteiger partial charge >= 0.3 is 17.9 Å². The molecule has 7 rings (SSSR count). The number of carbonyl (C=O) groups is 3. The van der Waals surface area contributed by atoms with Crippen LogP contribution in [0.15, 0.2) is 96.8 Å². The van der Waals surface area contributed by atoms with Gasteiger partial charge in [0.05, 0.1) is 38.6 Å². The smallest absolute Gasteiger partial charge is 0.373 e. The first kappa shape index (κ1) is 45.8. The van der Waals surface area contributed by atoms with E-state index in [0.717, 1.165) is 13.2 Å². The van der Waals surface area contributed by atoms with Crippen molar-refractivity contribution in [3.63, 3.8) is 0 Å². The monoisotopic (exact) mass is 882 g/mol. The van der Waals surface area contributed by atoms with Crippen LogP contribution in [0.4, 0.5) is 0 Å². The van der Waals surface area contributed by atoms with Gasteiger partial charge in [-0.1, -0.05) is 36.4 Å². The Morgan fingerprint density at radius 3 is 1.79 bits per heavy atom. The Morgan fingerprint density at radius 1 is 0.635 bits per heavy atom. The zero-order chi connectivity index (χ0) is 44.9. The molecule has 19 nitrogen and oxygen atoms in total. The molecule has 0 radical (unpaired) electrons. The second kappa shape index (κ2) is 19.7. The number of carbonyl (C=O) groups excluding carboxylic acids is 3. The molecule has 0 aromatic heterocycles. The van der Waals surface area contributed by atoms with Crippen LogP contribution in [0.5, 0.6) is 11.5 Å². The largest absolute Gasteiger partial charge is 0.497 e. The third kappa shape index (κ3) is 9.82. The molecule has 19 heteroatoms. The predicted octanol–water partition coefficient (Wildman–Crippen LogP) is 2.65. The summed E-state index contributed by atoms with van der Waals surface area (Å²) in [5.74, 6) is -5.22. The average molecular weight is 883 g/mol. The first-order valence-corrected chi connectivity index (χ1v) is 20.0. The summed E-state index contributed by atoms with van der Waals surface area (Å²) in [6, 6.07) is 22.8. The Kier molecular flexibility index (Phi) is 14.3. The van der Waals surface area contributed by atoms with Crippen molar-refractivity contribution >= 4 is 17.9 Å². The number of methoxy groups -OCH3 is 4. The average Bonchev–Trinajstić information content (AvgIpc) is 3.31. The summed E-state index contributed by atoms with van der Waals surface area (Å²) in [4.78, 5) is 40.3. The van der Waals surface area contributed by atoms with Gasteiger partial charge in [0.2, 0.25) is 36.0 Å². The summed E-state index contributed by atoms with van der Waals surface area (Å²) in [5.41, 5.74) is 0.352. The number of ether oxygens (including phenoxy) is 14. The van der Waals surface area contributed by atoms with Crippen LogP contribution in [-0.4, -0.2) is 149 Å². The lowest BCUT2D eigenvalue weighted by Crippen LogP contribution is -2.72. The molecule has 3 saturated heterocycles. The molecule has 0 aliphatic carbocycles. The van der Waals surface area contributed by atoms with Crippen LogP contribution in [0.2, 0.25) is 0 Å². The number of esters is 3. The Labute approximate surface area is 362 Å². The molecule has 4 aliphatic rings. The Hall–Kier alpha value is -5.19. The number of benzene rings is 3. The lowest BCUT2D eigenvalue weighted by atomic mass is 9.97. The van der Waals surface area contributed by atoms with Crippen molar-refractivity contribution in [2.45, 2.75) is 93.1 Å². The highest BCUT2D eigenvalue weighted by atomic mass is 16.8. The van der Waals surface area contributed by atoms with Crippen molar-refractivity contribution in [1.29, 1.82) is 0 Å². The zero-order valence-corrected chi connectivity index (χ0v) is 35.3. The molecule has 13 atom stereocenters. The number of rotatable bonds is 14. The van der Waals surface area contributed by atoms with Crippen molar-refractivity contribution in [2.75, 3.05) is 41.7 Å². The maximum atomic E-state index is 13.9. The molecule has 0 saturated carbocycles. The van der Waals surface area contributed by atoms with Crippen LogP contribution in [0, 0.1) is 0 Å². The van der Waals surface area contributed by atoms with Crippen LogP contribution in [-0.2, 0) is 61.6 Å². The summed E-state index contributed by atoms with van der Waals surface area (Å²) in [6.45, 7) is 2.63. The van der Waals surface area contributed by atoms with Crippen LogP contribution in [0.1, 0.15) is 34.6 Å². The highest BCUT2D eigenvalue weighted by molar-refractivity contribution is 5.90. The Bertz CT molecular complexity index is 2050. The lowest BCUT2D eigenvalue weighted by Gasteiger charge is -2.56. The minimum atomic E-state index is -1.75. The van der Waals surface area contributed by atoms with Crippen LogP contribution in [0.25, 0.3) is 0 Å². The molecule has 3 aromatic rings. The van der Waals surface area contributed by atoms with E-state index in [1.54, 1.807) is 98.8 Å². The second-order valence-corrected chi connectivity index (χ2v) is 15.0. The van der Waals surface area contributed by atoms with E-state index in [1.165, 1.54) is 21.3 Å². The second-order valence-electron chi connectivity index (χ2n) is 15.0. The molecular weight excluding hydrogens is 832 g/mol. The maximum Gasteiger partial charge on any atom is 0.373 e. The van der Waals surface area contributed by atoms with Gasteiger partial charge in [0, 0.05) is 14.2 Å². The highest BCUT2D eigenvalue weighted by Gasteiger charge is 2.62. The van der Waals surface area contributed by atoms with Crippen LogP contribution >= 0.6 is 0 Å². The van der Waals surface area contributed by atoms with Crippen LogP contribution < -0.4 is 9.47 Å². The molecule has 0 amide bonds. The summed E-state index contributed by atoms with van der Waals surface area (Å²) in [7, 11) is 5.42. The molecule has 3 fully saturated rings. The molecular formula is C44H50O19. The number of fused-ring (bicyclic) bond motifs is 1. The van der Waals surface area contributed by atoms with Crippen molar-refractivity contribution in [1.82, 2.24) is 0 Å². The summed E-state index contributed by atoms with van der Waals surface area (Å²) < 4.78 is 84.2. The van der Waals surface area contributed by atoms with Gasteiger partial charge < -0.3 is 76.5 Å². The van der Waals surface area contributed by atoms with E-state index >= 15 is 0 Å². The molecule has 0 bridgehead atoms. The molecule has 3 aromatic carbocycles. The minimum Gasteiger partial charge on any atom is -0.497 e. The number of hydrogen-bond acceptors (Lipinski definition) is 19. The SMILES string of the molecule is COC(=O)C1=C[C@H](O)[C@@H](O)[C@@H](O[C@H]2[C@H](O[C@@H]3CO[C@@H](Oc4ccc(OC)cc4)[C@H](OC(=O)c4ccccc4)[C@H]3OC(=O)c3ccccc3)OC[C@H]3O[C@](C)(OC)[C@@](C)(OC)O[C@H]23)O1. The first-order chi connectivity index (χ1) is 30.3. The van der Waals surface area contributed by atoms with Gasteiger partial charge in [0.25, 0.3) is 0 Å². The summed E-state index contributed by atoms with van der Waals surface area (Å²) in [5, 5.41) is 21.9. The number of aliphatic hydroxyl groups is 2. The molecule has 340 valence electrons. The summed E-state index contributed by atoms with van der Waals surface area (Å²) in [6.07, 6.45) is -14.9. The van der Waals surface area contributed by atoms with Gasteiger partial charge in [0.1, 0.15) is 48.1 Å². The van der Waals surface area contributed by atoms with Crippen molar-refractivity contribution in [3.05, 3.63) is 108 Å². The third-order valence-corrected chi connectivity index (χ3v) is 11.1. The normalized spacial score (nSPS) is 34.0. The van der Waals surface area contributed by atoms with E-state index in [-0.39, 0.29) is 24.3 Å². The molecule has 4 aliphatic heterocycles. The van der Waals surface area contributed by atoms with Gasteiger partial charge in [0.15, 0.2) is 12.4 Å². The lowest BCUT2D eigenvalue weighted by molar-refractivity contribution is -0.478. The fourth-order valence-electron chi connectivity index (χ4n) is 7.33. The Morgan fingerprint density at radius 2 is 1.21 bits per heavy atom. The minimum absolute atomic E-state index is 0.172. The third-order valence-electron chi connectivity index (χ3n) is 11.1. The van der Waals surface area contributed by atoms with Gasteiger partial charge in [-0.2, -0.15) is 0 Å². The molecule has 2 N–H and O–H groups in total. The van der Waals surface area contributed by atoms with Crippen molar-refractivity contribution in [3.8, 4) is 11.5 Å². The van der Waals surface area contributed by atoms with E-state index in [1.807, 2.05) is 0 Å². The summed E-state index contributed by atoms with van der Waals surface area (Å²) >= 11 is 0. The molecule has 0 spiro atoms. The fourth-order valence-corrected chi connectivity index (χ4v) is 7.33. The van der Waals surface area contributed by atoms with Gasteiger partial charge in [-0.15, -0.1) is 0 Å². The van der Waals surface area contributed by atoms with E-state index in [2.05, 4.69) is 0 Å². The van der Waals surface area contributed by atoms with E-state index in [9.17, 15) is 24.6 Å². The number of aliphatic hydroxyl groups excluding tert-OH is 2. The van der Waals surface area contributed by atoms with Gasteiger partial charge in [-0.25, -0.2) is 14.4 Å². The van der Waals surface area contributed by atoms with Gasteiger partial charge in [-0.3, -0.25) is 0 Å². The first-order valence-electron chi connectivity index (χ1n) is 20.0. The van der Waals surface area contributed by atoms with Crippen molar-refractivity contribution < 1.29 is 90.9 Å². The maximum absolute atomic E-state index is 13.9. The van der Waals surface area contributed by atoms with E-state index in [4.69, 9.17) is 66.3 Å². The predicted molar refractivity (Wildman–Crippen MR) is 212 cm³/mol. The van der Waals surface area contributed by atoms with Gasteiger partial charge in [-0.05, 0) is 68.5 Å². The quantitative estimate of drug-likeness (QED) is 0.176. The molecule has 0 unspecified atom stereocenters. The van der Waals surface area contributed by atoms with Crippen LogP contribution in [0.3, 0.4) is 0 Å². The molecule has 4 heterocycles. The van der Waals surface area contributed by atoms with E-state index < -0.39 is 103 Å². The number of hydrogen-bond donors (Lipinski definition) is 2.